The van der Waals surface area contributed by atoms with Gasteiger partial charge in [-0.1, -0.05) is 25.1 Å². The minimum Gasteiger partial charge on any atom is -0.464 e. The average Bonchev–Trinajstić information content (AvgIpc) is 3.30. The summed E-state index contributed by atoms with van der Waals surface area (Å²) in [6, 6.07) is 8.42. The Hall–Kier alpha value is -2.15. The fraction of sp³-hybridized carbons (Fsp3) is 0.450. The number of hydrogen-bond acceptors (Lipinski definition) is 5. The van der Waals surface area contributed by atoms with E-state index in [1.165, 1.54) is 5.56 Å². The van der Waals surface area contributed by atoms with Crippen LogP contribution in [0.1, 0.15) is 24.4 Å². The van der Waals surface area contributed by atoms with E-state index in [1.807, 2.05) is 25.5 Å². The number of nitrogens with one attached hydrogen (secondary N) is 1. The summed E-state index contributed by atoms with van der Waals surface area (Å²) in [5, 5.41) is 4.70. The van der Waals surface area contributed by atoms with Crippen LogP contribution in [0.25, 0.3) is 11.0 Å². The highest BCUT2D eigenvalue weighted by molar-refractivity contribution is 5.80. The smallest absolute Gasteiger partial charge is 0.138 e. The van der Waals surface area contributed by atoms with Crippen LogP contribution < -0.4 is 5.32 Å². The molecule has 0 saturated carbocycles. The van der Waals surface area contributed by atoms with E-state index in [0.29, 0.717) is 0 Å². The molecule has 2 atom stereocenters. The van der Waals surface area contributed by atoms with Crippen LogP contribution in [0.2, 0.25) is 0 Å². The predicted molar refractivity (Wildman–Crippen MR) is 101 cm³/mol. The van der Waals surface area contributed by atoms with Crippen molar-refractivity contribution in [3.05, 3.63) is 54.3 Å². The van der Waals surface area contributed by atoms with Gasteiger partial charge in [-0.25, -0.2) is 4.98 Å². The van der Waals surface area contributed by atoms with Crippen LogP contribution in [-0.4, -0.2) is 46.8 Å². The van der Waals surface area contributed by atoms with E-state index in [1.54, 1.807) is 6.26 Å². The fourth-order valence-corrected chi connectivity index (χ4v) is 3.85. The molecule has 138 valence electrons. The molecule has 1 saturated heterocycles. The summed E-state index contributed by atoms with van der Waals surface area (Å²) in [5.41, 5.74) is 2.13. The number of ether oxygens (including phenoxy) is 1. The number of benzene rings is 1. The van der Waals surface area contributed by atoms with Crippen LogP contribution in [0.4, 0.5) is 0 Å². The molecule has 1 fully saturated rings. The lowest BCUT2D eigenvalue weighted by Crippen LogP contribution is -2.49. The second-order valence-corrected chi connectivity index (χ2v) is 6.77. The molecule has 0 radical (unpaired) electrons. The van der Waals surface area contributed by atoms with E-state index in [9.17, 15) is 0 Å². The number of morpholine rings is 1. The Kier molecular flexibility index (Phi) is 5.06. The van der Waals surface area contributed by atoms with E-state index in [0.717, 1.165) is 49.6 Å². The molecular weight excluding hydrogens is 328 g/mol. The van der Waals surface area contributed by atoms with Gasteiger partial charge in [-0.2, -0.15) is 0 Å². The van der Waals surface area contributed by atoms with Gasteiger partial charge < -0.3 is 19.0 Å². The molecule has 1 aliphatic rings. The molecule has 1 aliphatic heterocycles. The van der Waals surface area contributed by atoms with Crippen molar-refractivity contribution in [3.8, 4) is 0 Å². The van der Waals surface area contributed by atoms with E-state index < -0.39 is 0 Å². The third-order valence-electron chi connectivity index (χ3n) is 5.21. The first-order chi connectivity index (χ1) is 12.8. The number of fused-ring (bicyclic) bond motifs is 1. The number of furan rings is 1. The Bertz CT molecular complexity index is 856. The summed E-state index contributed by atoms with van der Waals surface area (Å²) >= 11 is 0. The van der Waals surface area contributed by atoms with Crippen LogP contribution in [0.15, 0.2) is 47.3 Å². The number of nitrogens with zero attached hydrogens (tertiary/aromatic N) is 3. The maximum absolute atomic E-state index is 6.13. The van der Waals surface area contributed by atoms with Crippen molar-refractivity contribution in [2.24, 2.45) is 7.05 Å². The first-order valence-electron chi connectivity index (χ1n) is 9.26. The second kappa shape index (κ2) is 7.61. The number of likely N-dealkylation sites (N-methyl/N-ethyl adjacent to an activating group) is 1. The Balaban J connectivity index is 1.47. The Morgan fingerprint density at radius 1 is 1.31 bits per heavy atom. The number of rotatable bonds is 6. The molecule has 2 aromatic heterocycles. The highest BCUT2D eigenvalue weighted by Crippen LogP contribution is 2.28. The largest absolute Gasteiger partial charge is 0.464 e. The molecule has 6 heteroatoms. The molecule has 0 amide bonds. The van der Waals surface area contributed by atoms with Gasteiger partial charge in [-0.3, -0.25) is 4.90 Å². The van der Waals surface area contributed by atoms with Gasteiger partial charge in [-0.15, -0.1) is 0 Å². The molecule has 0 aliphatic carbocycles. The van der Waals surface area contributed by atoms with Crippen LogP contribution in [0.3, 0.4) is 0 Å². The monoisotopic (exact) mass is 354 g/mol. The van der Waals surface area contributed by atoms with Crippen LogP contribution >= 0.6 is 0 Å². The first kappa shape index (κ1) is 17.3. The topological polar surface area (TPSA) is 55.5 Å². The summed E-state index contributed by atoms with van der Waals surface area (Å²) in [6.45, 7) is 6.41. The van der Waals surface area contributed by atoms with E-state index in [-0.39, 0.29) is 12.1 Å². The number of imidazole rings is 1. The molecule has 0 spiro atoms. The van der Waals surface area contributed by atoms with Gasteiger partial charge in [0.2, 0.25) is 0 Å². The summed E-state index contributed by atoms with van der Waals surface area (Å²) in [4.78, 5) is 7.04. The summed E-state index contributed by atoms with van der Waals surface area (Å²) in [6.07, 6.45) is 5.68. The maximum Gasteiger partial charge on any atom is 0.138 e. The quantitative estimate of drug-likeness (QED) is 0.738. The van der Waals surface area contributed by atoms with E-state index in [2.05, 4.69) is 44.9 Å². The van der Waals surface area contributed by atoms with Crippen molar-refractivity contribution in [1.29, 1.82) is 0 Å². The van der Waals surface area contributed by atoms with Crippen molar-refractivity contribution >= 4 is 11.0 Å². The van der Waals surface area contributed by atoms with Gasteiger partial charge in [0, 0.05) is 50.0 Å². The van der Waals surface area contributed by atoms with Crippen LogP contribution in [0.5, 0.6) is 0 Å². The summed E-state index contributed by atoms with van der Waals surface area (Å²) in [7, 11) is 2.05. The average molecular weight is 354 g/mol. The zero-order valence-electron chi connectivity index (χ0n) is 15.4. The highest BCUT2D eigenvalue weighted by Gasteiger charge is 2.35. The summed E-state index contributed by atoms with van der Waals surface area (Å²) in [5.74, 6) is 1.06. The Labute approximate surface area is 153 Å². The predicted octanol–water partition coefficient (Wildman–Crippen LogP) is 2.72. The lowest BCUT2D eigenvalue weighted by Gasteiger charge is -2.40. The van der Waals surface area contributed by atoms with Crippen molar-refractivity contribution < 1.29 is 9.15 Å². The van der Waals surface area contributed by atoms with Gasteiger partial charge in [-0.05, 0) is 12.6 Å². The van der Waals surface area contributed by atoms with Gasteiger partial charge in [0.25, 0.3) is 0 Å². The zero-order valence-corrected chi connectivity index (χ0v) is 15.4. The molecule has 6 nitrogen and oxygen atoms in total. The molecule has 26 heavy (non-hydrogen) atoms. The lowest BCUT2D eigenvalue weighted by atomic mass is 10.1. The van der Waals surface area contributed by atoms with E-state index in [4.69, 9.17) is 9.15 Å². The van der Waals surface area contributed by atoms with Gasteiger partial charge in [0.05, 0.1) is 25.0 Å². The number of para-hydroxylation sites is 1. The SMILES string of the molecule is CCN1CCO[C@@H](CNCc2cccc3ccoc23)[C@@H]1c1nccn1C. The van der Waals surface area contributed by atoms with Crippen LogP contribution in [-0.2, 0) is 18.3 Å². The molecule has 3 heterocycles. The number of aromatic nitrogens is 2. The molecule has 0 unspecified atom stereocenters. The number of hydrogen-bond donors (Lipinski definition) is 1. The van der Waals surface area contributed by atoms with Gasteiger partial charge in [0.1, 0.15) is 11.4 Å². The standard InChI is InChI=1S/C20H26N4O2/c1-3-24-10-12-25-17(18(24)20-22-8-9-23(20)2)14-21-13-16-6-4-5-15-7-11-26-19(15)16/h4-9,11,17-18,21H,3,10,12-14H2,1-2H3/t17-,18+/m0/s1. The third kappa shape index (κ3) is 3.28. The van der Waals surface area contributed by atoms with Crippen molar-refractivity contribution in [3.63, 3.8) is 0 Å². The minimum absolute atomic E-state index is 0.0700. The third-order valence-corrected chi connectivity index (χ3v) is 5.21. The Morgan fingerprint density at radius 3 is 3.04 bits per heavy atom. The Morgan fingerprint density at radius 2 is 2.23 bits per heavy atom. The highest BCUT2D eigenvalue weighted by atomic mass is 16.5. The van der Waals surface area contributed by atoms with Crippen molar-refractivity contribution in [2.75, 3.05) is 26.2 Å². The number of aryl methyl sites for hydroxylation is 1. The zero-order chi connectivity index (χ0) is 17.9. The lowest BCUT2D eigenvalue weighted by molar-refractivity contribution is -0.0729. The molecule has 3 aromatic rings. The molecule has 4 rings (SSSR count). The second-order valence-electron chi connectivity index (χ2n) is 6.77. The van der Waals surface area contributed by atoms with Crippen molar-refractivity contribution in [2.45, 2.75) is 25.6 Å². The molecule has 1 aromatic carbocycles. The van der Waals surface area contributed by atoms with Crippen LogP contribution in [0, 0.1) is 0 Å². The van der Waals surface area contributed by atoms with Gasteiger partial charge in [0.15, 0.2) is 0 Å². The molecule has 1 N–H and O–H groups in total. The summed E-state index contributed by atoms with van der Waals surface area (Å²) < 4.78 is 13.9. The first-order valence-corrected chi connectivity index (χ1v) is 9.26. The molecular formula is C20H26N4O2. The molecule has 0 bridgehead atoms. The van der Waals surface area contributed by atoms with E-state index >= 15 is 0 Å². The van der Waals surface area contributed by atoms with Gasteiger partial charge >= 0.3 is 0 Å². The van der Waals surface area contributed by atoms with Crippen molar-refractivity contribution in [1.82, 2.24) is 19.8 Å². The fourth-order valence-electron chi connectivity index (χ4n) is 3.85. The normalized spacial score (nSPS) is 21.5. The maximum atomic E-state index is 6.13. The minimum atomic E-state index is 0.0700.